The molecule has 108 valence electrons. The Balaban J connectivity index is 2.21. The minimum absolute atomic E-state index is 0.163. The summed E-state index contributed by atoms with van der Waals surface area (Å²) in [6.45, 7) is 0.0826. The second-order valence-electron chi connectivity index (χ2n) is 4.32. The van der Waals surface area contributed by atoms with Crippen molar-refractivity contribution in [2.75, 3.05) is 7.05 Å². The first-order valence-corrected chi connectivity index (χ1v) is 8.52. The largest absolute Gasteiger partial charge is 0.392 e. The third kappa shape index (κ3) is 3.39. The molecule has 0 saturated heterocycles. The Morgan fingerprint density at radius 3 is 2.65 bits per heavy atom. The van der Waals surface area contributed by atoms with Crippen LogP contribution in [0.3, 0.4) is 0 Å². The van der Waals surface area contributed by atoms with E-state index in [2.05, 4.69) is 0 Å². The average Bonchev–Trinajstić information content (AvgIpc) is 2.88. The predicted molar refractivity (Wildman–Crippen MR) is 80.3 cm³/mol. The number of hydrogen-bond acceptors (Lipinski definition) is 4. The number of aliphatic hydroxyl groups excluding tert-OH is 1. The summed E-state index contributed by atoms with van der Waals surface area (Å²) < 4.78 is 26.2. The Bertz CT molecular complexity index is 697. The third-order valence-corrected chi connectivity index (χ3v) is 6.27. The number of rotatable bonds is 5. The van der Waals surface area contributed by atoms with E-state index in [-0.39, 0.29) is 17.4 Å². The Kier molecular flexibility index (Phi) is 4.82. The second kappa shape index (κ2) is 6.24. The van der Waals surface area contributed by atoms with Crippen LogP contribution in [-0.4, -0.2) is 24.9 Å². The Morgan fingerprint density at radius 1 is 1.30 bits per heavy atom. The molecule has 0 saturated carbocycles. The number of nitrogens with zero attached hydrogens (tertiary/aromatic N) is 1. The number of sulfonamides is 1. The van der Waals surface area contributed by atoms with E-state index in [0.717, 1.165) is 16.9 Å². The Labute approximate surface area is 127 Å². The molecule has 0 spiro atoms. The van der Waals surface area contributed by atoms with Gasteiger partial charge in [0.25, 0.3) is 10.0 Å². The summed E-state index contributed by atoms with van der Waals surface area (Å²) in [6, 6.07) is 8.58. The van der Waals surface area contributed by atoms with Gasteiger partial charge in [0, 0.05) is 18.6 Å². The summed E-state index contributed by atoms with van der Waals surface area (Å²) in [4.78, 5) is 0. The number of benzene rings is 1. The minimum atomic E-state index is -3.54. The lowest BCUT2D eigenvalue weighted by molar-refractivity contribution is 0.282. The molecule has 4 nitrogen and oxygen atoms in total. The molecule has 0 aliphatic rings. The van der Waals surface area contributed by atoms with Gasteiger partial charge in [-0.3, -0.25) is 0 Å². The quantitative estimate of drug-likeness (QED) is 0.916. The zero-order chi connectivity index (χ0) is 14.8. The van der Waals surface area contributed by atoms with E-state index in [1.54, 1.807) is 23.6 Å². The molecular weight excluding hydrogens is 318 g/mol. The molecule has 7 heteroatoms. The SMILES string of the molecule is CN(Cc1cccc(Cl)c1)S(=O)(=O)c1cc(CO)cs1. The van der Waals surface area contributed by atoms with Crippen molar-refractivity contribution >= 4 is 33.0 Å². The van der Waals surface area contributed by atoms with Gasteiger partial charge in [-0.05, 0) is 34.7 Å². The average molecular weight is 332 g/mol. The number of thiophene rings is 1. The van der Waals surface area contributed by atoms with E-state index in [4.69, 9.17) is 16.7 Å². The fourth-order valence-electron chi connectivity index (χ4n) is 1.70. The maximum absolute atomic E-state index is 12.4. The predicted octanol–water partition coefficient (Wildman–Crippen LogP) is 2.71. The molecular formula is C13H14ClNO3S2. The summed E-state index contributed by atoms with van der Waals surface area (Å²) in [7, 11) is -2.02. The number of aliphatic hydroxyl groups is 1. The lowest BCUT2D eigenvalue weighted by Gasteiger charge is -2.16. The van der Waals surface area contributed by atoms with Gasteiger partial charge in [-0.1, -0.05) is 23.7 Å². The molecule has 20 heavy (non-hydrogen) atoms. The molecule has 1 N–H and O–H groups in total. The molecule has 1 aromatic heterocycles. The molecule has 0 radical (unpaired) electrons. The molecule has 0 atom stereocenters. The summed E-state index contributed by atoms with van der Waals surface area (Å²) >= 11 is 7.00. The first kappa shape index (κ1) is 15.5. The van der Waals surface area contributed by atoms with Gasteiger partial charge < -0.3 is 5.11 Å². The number of halogens is 1. The van der Waals surface area contributed by atoms with E-state index in [1.807, 2.05) is 6.07 Å². The monoisotopic (exact) mass is 331 g/mol. The van der Waals surface area contributed by atoms with Crippen molar-refractivity contribution < 1.29 is 13.5 Å². The second-order valence-corrected chi connectivity index (χ2v) is 7.94. The van der Waals surface area contributed by atoms with E-state index < -0.39 is 10.0 Å². The van der Waals surface area contributed by atoms with Gasteiger partial charge in [0.2, 0.25) is 0 Å². The first-order chi connectivity index (χ1) is 9.43. The molecule has 1 aromatic carbocycles. The smallest absolute Gasteiger partial charge is 0.252 e. The van der Waals surface area contributed by atoms with Crippen LogP contribution in [0.1, 0.15) is 11.1 Å². The van der Waals surface area contributed by atoms with E-state index in [0.29, 0.717) is 10.6 Å². The zero-order valence-corrected chi connectivity index (χ0v) is 13.2. The highest BCUT2D eigenvalue weighted by molar-refractivity contribution is 7.91. The molecule has 0 bridgehead atoms. The fourth-order valence-corrected chi connectivity index (χ4v) is 4.48. The Morgan fingerprint density at radius 2 is 2.05 bits per heavy atom. The van der Waals surface area contributed by atoms with Crippen molar-refractivity contribution in [3.05, 3.63) is 51.9 Å². The van der Waals surface area contributed by atoms with Gasteiger partial charge >= 0.3 is 0 Å². The molecule has 0 aliphatic carbocycles. The van der Waals surface area contributed by atoms with Crippen LogP contribution in [0.4, 0.5) is 0 Å². The Hall–Kier alpha value is -0.920. The van der Waals surface area contributed by atoms with E-state index in [1.165, 1.54) is 17.4 Å². The van der Waals surface area contributed by atoms with Crippen LogP contribution < -0.4 is 0 Å². The zero-order valence-electron chi connectivity index (χ0n) is 10.8. The highest BCUT2D eigenvalue weighted by Crippen LogP contribution is 2.24. The summed E-state index contributed by atoms with van der Waals surface area (Å²) in [5.74, 6) is 0. The first-order valence-electron chi connectivity index (χ1n) is 5.82. The maximum Gasteiger partial charge on any atom is 0.252 e. The molecule has 2 rings (SSSR count). The number of hydrogen-bond donors (Lipinski definition) is 1. The van der Waals surface area contributed by atoms with Gasteiger partial charge in [-0.15, -0.1) is 11.3 Å². The molecule has 2 aromatic rings. The van der Waals surface area contributed by atoms with Crippen LogP contribution in [-0.2, 0) is 23.2 Å². The third-order valence-electron chi connectivity index (χ3n) is 2.77. The molecule has 0 unspecified atom stereocenters. The molecule has 0 amide bonds. The topological polar surface area (TPSA) is 57.6 Å². The normalized spacial score (nSPS) is 12.0. The van der Waals surface area contributed by atoms with Crippen molar-refractivity contribution in [3.8, 4) is 0 Å². The maximum atomic E-state index is 12.4. The van der Waals surface area contributed by atoms with Gasteiger partial charge in [-0.25, -0.2) is 8.42 Å². The highest BCUT2D eigenvalue weighted by Gasteiger charge is 2.22. The van der Waals surface area contributed by atoms with Gasteiger partial charge in [0.05, 0.1) is 6.61 Å². The van der Waals surface area contributed by atoms with Crippen molar-refractivity contribution in [1.29, 1.82) is 0 Å². The molecule has 1 heterocycles. The van der Waals surface area contributed by atoms with Crippen LogP contribution in [0.5, 0.6) is 0 Å². The van der Waals surface area contributed by atoms with Crippen LogP contribution in [0.25, 0.3) is 0 Å². The van der Waals surface area contributed by atoms with Crippen LogP contribution >= 0.6 is 22.9 Å². The van der Waals surface area contributed by atoms with Crippen molar-refractivity contribution in [1.82, 2.24) is 4.31 Å². The lowest BCUT2D eigenvalue weighted by Crippen LogP contribution is -2.25. The van der Waals surface area contributed by atoms with Gasteiger partial charge in [-0.2, -0.15) is 4.31 Å². The van der Waals surface area contributed by atoms with E-state index >= 15 is 0 Å². The fraction of sp³-hybridized carbons (Fsp3) is 0.231. The van der Waals surface area contributed by atoms with Crippen molar-refractivity contribution in [2.45, 2.75) is 17.4 Å². The molecule has 0 fully saturated rings. The van der Waals surface area contributed by atoms with Gasteiger partial charge in [0.15, 0.2) is 0 Å². The summed E-state index contributed by atoms with van der Waals surface area (Å²) in [6.07, 6.45) is 0. The molecule has 0 aliphatic heterocycles. The van der Waals surface area contributed by atoms with E-state index in [9.17, 15) is 8.42 Å². The van der Waals surface area contributed by atoms with Crippen LogP contribution in [0, 0.1) is 0 Å². The van der Waals surface area contributed by atoms with Crippen LogP contribution in [0.2, 0.25) is 5.02 Å². The van der Waals surface area contributed by atoms with Crippen molar-refractivity contribution in [2.24, 2.45) is 0 Å². The minimum Gasteiger partial charge on any atom is -0.392 e. The summed E-state index contributed by atoms with van der Waals surface area (Å²) in [5.41, 5.74) is 1.42. The lowest BCUT2D eigenvalue weighted by atomic mass is 10.2. The standard InChI is InChI=1S/C13H14ClNO3S2/c1-15(7-10-3-2-4-12(14)5-10)20(17,18)13-6-11(8-16)9-19-13/h2-6,9,16H,7-8H2,1H3. The summed E-state index contributed by atoms with van der Waals surface area (Å²) in [5, 5.41) is 11.2. The van der Waals surface area contributed by atoms with Crippen LogP contribution in [0.15, 0.2) is 39.9 Å². The highest BCUT2D eigenvalue weighted by atomic mass is 35.5. The van der Waals surface area contributed by atoms with Crippen molar-refractivity contribution in [3.63, 3.8) is 0 Å². The van der Waals surface area contributed by atoms with Gasteiger partial charge in [0.1, 0.15) is 4.21 Å².